The molecule has 2 aromatic carbocycles. The second-order valence-corrected chi connectivity index (χ2v) is 6.02. The van der Waals surface area contributed by atoms with Crippen molar-refractivity contribution in [3.8, 4) is 35.1 Å². The lowest BCUT2D eigenvalue weighted by Gasteiger charge is -2.13. The number of pyridine rings is 1. The van der Waals surface area contributed by atoms with Gasteiger partial charge in [0.05, 0.1) is 24.3 Å². The number of ether oxygens (including phenoxy) is 3. The van der Waals surface area contributed by atoms with Crippen LogP contribution in [0.5, 0.6) is 29.0 Å². The van der Waals surface area contributed by atoms with Gasteiger partial charge in [0.25, 0.3) is 11.8 Å². The van der Waals surface area contributed by atoms with Gasteiger partial charge in [0.15, 0.2) is 11.6 Å². The van der Waals surface area contributed by atoms with Crippen molar-refractivity contribution in [2.24, 2.45) is 0 Å². The van der Waals surface area contributed by atoms with E-state index in [1.807, 2.05) is 6.07 Å². The Kier molecular flexibility index (Phi) is 5.78. The van der Waals surface area contributed by atoms with Gasteiger partial charge in [0.2, 0.25) is 0 Å². The molecule has 0 radical (unpaired) electrons. The zero-order chi connectivity index (χ0) is 21.8. The Morgan fingerprint density at radius 2 is 1.67 bits per heavy atom. The summed E-state index contributed by atoms with van der Waals surface area (Å²) in [7, 11) is 1.33. The predicted octanol–water partition coefficient (Wildman–Crippen LogP) is 4.83. The number of halogens is 2. The average Bonchev–Trinajstić information content (AvgIpc) is 2.75. The van der Waals surface area contributed by atoms with Crippen LogP contribution in [0.2, 0.25) is 0 Å². The summed E-state index contributed by atoms with van der Waals surface area (Å²) in [5, 5.41) is 18.1. The van der Waals surface area contributed by atoms with E-state index in [0.29, 0.717) is 0 Å². The smallest absolute Gasteiger partial charge is 0.335 e. The van der Waals surface area contributed by atoms with Crippen molar-refractivity contribution in [1.82, 2.24) is 4.98 Å². The zero-order valence-electron chi connectivity index (χ0n) is 15.8. The molecule has 3 rings (SSSR count). The topological polar surface area (TPSA) is 102 Å². The number of methoxy groups -OCH3 is 1. The second-order valence-electron chi connectivity index (χ2n) is 6.02. The minimum Gasteiger partial charge on any atom is -0.497 e. The molecular formula is C21H14F2N2O5. The molecule has 7 nitrogen and oxygen atoms in total. The lowest BCUT2D eigenvalue weighted by atomic mass is 10.2. The molecule has 0 bridgehead atoms. The lowest BCUT2D eigenvalue weighted by molar-refractivity contribution is 0.0696. The summed E-state index contributed by atoms with van der Waals surface area (Å²) in [4.78, 5) is 15.0. The number of carboxylic acid groups (broad SMARTS) is 1. The van der Waals surface area contributed by atoms with Gasteiger partial charge in [-0.3, -0.25) is 0 Å². The molecule has 0 spiro atoms. The quantitative estimate of drug-likeness (QED) is 0.619. The Bertz CT molecular complexity index is 1170. The Hall–Kier alpha value is -4.19. The summed E-state index contributed by atoms with van der Waals surface area (Å²) < 4.78 is 44.8. The highest BCUT2D eigenvalue weighted by atomic mass is 19.1. The van der Waals surface area contributed by atoms with E-state index in [0.717, 1.165) is 6.07 Å². The predicted molar refractivity (Wildman–Crippen MR) is 100 cm³/mol. The fourth-order valence-corrected chi connectivity index (χ4v) is 2.47. The summed E-state index contributed by atoms with van der Waals surface area (Å²) in [5.41, 5.74) is -0.290. The fourth-order valence-electron chi connectivity index (χ4n) is 2.47. The summed E-state index contributed by atoms with van der Waals surface area (Å²) >= 11 is 0. The molecular weight excluding hydrogens is 398 g/mol. The van der Waals surface area contributed by atoms with Gasteiger partial charge in [0, 0.05) is 11.6 Å². The number of carbonyl (C=O) groups is 1. The Morgan fingerprint density at radius 1 is 1.03 bits per heavy atom. The largest absolute Gasteiger partial charge is 0.497 e. The minimum atomic E-state index is -1.25. The highest BCUT2D eigenvalue weighted by Crippen LogP contribution is 2.34. The van der Waals surface area contributed by atoms with Crippen LogP contribution < -0.4 is 14.2 Å². The lowest BCUT2D eigenvalue weighted by Crippen LogP contribution is -2.03. The van der Waals surface area contributed by atoms with Crippen LogP contribution in [0.15, 0.2) is 42.5 Å². The van der Waals surface area contributed by atoms with Crippen molar-refractivity contribution in [1.29, 1.82) is 5.26 Å². The summed E-state index contributed by atoms with van der Waals surface area (Å²) in [6, 6.07) is 11.5. The van der Waals surface area contributed by atoms with Crippen molar-refractivity contribution in [3.63, 3.8) is 0 Å². The highest BCUT2D eigenvalue weighted by molar-refractivity contribution is 5.88. The molecule has 152 valence electrons. The van der Waals surface area contributed by atoms with Crippen LogP contribution in [-0.4, -0.2) is 23.2 Å². The van der Waals surface area contributed by atoms with Gasteiger partial charge in [-0.25, -0.2) is 13.6 Å². The van der Waals surface area contributed by atoms with Crippen LogP contribution in [0.4, 0.5) is 8.78 Å². The molecule has 1 aromatic heterocycles. The number of nitrogens with zero attached hydrogens (tertiary/aromatic N) is 2. The summed E-state index contributed by atoms with van der Waals surface area (Å²) in [6.45, 7) is 1.17. The van der Waals surface area contributed by atoms with E-state index in [-0.39, 0.29) is 28.4 Å². The van der Waals surface area contributed by atoms with Crippen molar-refractivity contribution >= 4 is 5.97 Å². The molecule has 1 N–H and O–H groups in total. The molecule has 0 aliphatic rings. The van der Waals surface area contributed by atoms with Crippen molar-refractivity contribution < 1.29 is 32.9 Å². The zero-order valence-corrected chi connectivity index (χ0v) is 15.8. The van der Waals surface area contributed by atoms with Gasteiger partial charge in [-0.05, 0) is 37.3 Å². The third-order valence-corrected chi connectivity index (χ3v) is 3.99. The molecule has 0 saturated heterocycles. The molecule has 3 aromatic rings. The third kappa shape index (κ3) is 4.28. The number of aromatic nitrogens is 1. The first-order valence-corrected chi connectivity index (χ1v) is 8.46. The average molecular weight is 412 g/mol. The molecule has 30 heavy (non-hydrogen) atoms. The number of benzene rings is 2. The van der Waals surface area contributed by atoms with Crippen LogP contribution in [0.3, 0.4) is 0 Å². The van der Waals surface area contributed by atoms with Gasteiger partial charge < -0.3 is 19.3 Å². The third-order valence-electron chi connectivity index (χ3n) is 3.99. The fraction of sp³-hybridized carbons (Fsp3) is 0.0952. The second kappa shape index (κ2) is 8.45. The molecule has 0 aliphatic heterocycles. The first-order chi connectivity index (χ1) is 14.3. The van der Waals surface area contributed by atoms with E-state index in [9.17, 15) is 18.7 Å². The molecule has 0 amide bonds. The normalized spacial score (nSPS) is 10.2. The standard InChI is InChI=1S/C21H14F2N2O5/c1-11-17(22)19(29-14-5-3-4-12(6-14)10-24)25-20(18(11)23)30-16-8-13(21(26)27)7-15(9-16)28-2/h3-9H,1-2H3,(H,26,27). The van der Waals surface area contributed by atoms with Crippen molar-refractivity contribution in [3.05, 3.63) is 70.8 Å². The minimum absolute atomic E-state index is 0.0819. The molecule has 9 heteroatoms. The van der Waals surface area contributed by atoms with E-state index in [1.165, 1.54) is 50.4 Å². The van der Waals surface area contributed by atoms with E-state index in [4.69, 9.17) is 19.5 Å². The molecule has 0 fully saturated rings. The molecule has 0 unspecified atom stereocenters. The Balaban J connectivity index is 2.01. The number of nitriles is 1. The number of rotatable bonds is 6. The maximum absolute atomic E-state index is 14.6. The van der Waals surface area contributed by atoms with Gasteiger partial charge in [-0.15, -0.1) is 0 Å². The summed E-state index contributed by atoms with van der Waals surface area (Å²) in [6.07, 6.45) is 0. The number of hydrogen-bond donors (Lipinski definition) is 1. The first kappa shape index (κ1) is 20.5. The highest BCUT2D eigenvalue weighted by Gasteiger charge is 2.21. The Labute approximate surface area is 169 Å². The number of carboxylic acids is 1. The van der Waals surface area contributed by atoms with Crippen LogP contribution in [0, 0.1) is 29.9 Å². The van der Waals surface area contributed by atoms with Gasteiger partial charge in [0.1, 0.15) is 17.2 Å². The number of aromatic carboxylic acids is 1. The molecule has 0 atom stereocenters. The van der Waals surface area contributed by atoms with Crippen molar-refractivity contribution in [2.75, 3.05) is 7.11 Å². The molecule has 0 saturated carbocycles. The maximum atomic E-state index is 14.6. The maximum Gasteiger partial charge on any atom is 0.335 e. The van der Waals surface area contributed by atoms with Gasteiger partial charge in [-0.1, -0.05) is 6.07 Å². The van der Waals surface area contributed by atoms with Crippen molar-refractivity contribution in [2.45, 2.75) is 6.92 Å². The monoisotopic (exact) mass is 412 g/mol. The van der Waals surface area contributed by atoms with E-state index in [1.54, 1.807) is 0 Å². The van der Waals surface area contributed by atoms with Gasteiger partial charge in [-0.2, -0.15) is 10.2 Å². The van der Waals surface area contributed by atoms with Crippen LogP contribution in [-0.2, 0) is 0 Å². The molecule has 0 aliphatic carbocycles. The van der Waals surface area contributed by atoms with E-state index in [2.05, 4.69) is 4.98 Å². The van der Waals surface area contributed by atoms with Gasteiger partial charge >= 0.3 is 5.97 Å². The van der Waals surface area contributed by atoms with Crippen LogP contribution in [0.1, 0.15) is 21.5 Å². The Morgan fingerprint density at radius 3 is 2.27 bits per heavy atom. The van der Waals surface area contributed by atoms with Crippen LogP contribution in [0.25, 0.3) is 0 Å². The van der Waals surface area contributed by atoms with E-state index < -0.39 is 34.9 Å². The van der Waals surface area contributed by atoms with Crippen LogP contribution >= 0.6 is 0 Å². The SMILES string of the molecule is COc1cc(Oc2nc(Oc3cccc(C#N)c3)c(F)c(C)c2F)cc(C(=O)O)c1. The number of hydrogen-bond acceptors (Lipinski definition) is 6. The van der Waals surface area contributed by atoms with E-state index >= 15 is 0 Å². The first-order valence-electron chi connectivity index (χ1n) is 8.46. The molecule has 1 heterocycles. The summed E-state index contributed by atoms with van der Waals surface area (Å²) in [5.74, 6) is -4.36.